The molecule has 2 fully saturated rings. The van der Waals surface area contributed by atoms with Crippen molar-refractivity contribution in [2.24, 2.45) is 11.8 Å². The van der Waals surface area contributed by atoms with Crippen molar-refractivity contribution in [1.29, 1.82) is 0 Å². The molecule has 1 amide bonds. The molecule has 2 rings (SSSR count). The van der Waals surface area contributed by atoms with Gasteiger partial charge in [0, 0.05) is 23.8 Å². The summed E-state index contributed by atoms with van der Waals surface area (Å²) < 4.78 is 0. The number of likely N-dealkylation sites (tertiary alicyclic amines) is 1. The molecule has 1 aliphatic heterocycles. The van der Waals surface area contributed by atoms with Crippen LogP contribution in [0, 0.1) is 11.8 Å². The zero-order valence-electron chi connectivity index (χ0n) is 11.5. The number of halogens is 1. The zero-order valence-corrected chi connectivity index (χ0v) is 13.1. The number of rotatable bonds is 3. The summed E-state index contributed by atoms with van der Waals surface area (Å²) >= 11 is 3.53. The maximum absolute atomic E-state index is 12.7. The fraction of sp³-hybridized carbons (Fsp3) is 0.933. The molecule has 1 saturated heterocycles. The summed E-state index contributed by atoms with van der Waals surface area (Å²) in [5, 5.41) is 1.02. The second-order valence-corrected chi connectivity index (χ2v) is 6.91. The molecule has 1 unspecified atom stereocenters. The quantitative estimate of drug-likeness (QED) is 0.721. The van der Waals surface area contributed by atoms with Gasteiger partial charge in [0.05, 0.1) is 0 Å². The Morgan fingerprint density at radius 1 is 1.17 bits per heavy atom. The molecule has 0 aromatic carbocycles. The van der Waals surface area contributed by atoms with Gasteiger partial charge in [-0.2, -0.15) is 0 Å². The van der Waals surface area contributed by atoms with Gasteiger partial charge in [-0.15, -0.1) is 0 Å². The van der Waals surface area contributed by atoms with Crippen LogP contribution < -0.4 is 0 Å². The van der Waals surface area contributed by atoms with Gasteiger partial charge in [-0.05, 0) is 57.3 Å². The monoisotopic (exact) mass is 315 g/mol. The van der Waals surface area contributed by atoms with E-state index in [-0.39, 0.29) is 0 Å². The van der Waals surface area contributed by atoms with Crippen LogP contribution in [0.5, 0.6) is 0 Å². The lowest BCUT2D eigenvalue weighted by atomic mass is 9.81. The highest BCUT2D eigenvalue weighted by molar-refractivity contribution is 9.09. The van der Waals surface area contributed by atoms with E-state index >= 15 is 0 Å². The van der Waals surface area contributed by atoms with E-state index in [9.17, 15) is 4.79 Å². The molecule has 104 valence electrons. The van der Waals surface area contributed by atoms with Gasteiger partial charge in [-0.1, -0.05) is 22.9 Å². The number of carbonyl (C=O) groups is 1. The normalized spacial score (nSPS) is 33.4. The second-order valence-electron chi connectivity index (χ2n) is 6.12. The molecule has 0 N–H and O–H groups in total. The first kappa shape index (κ1) is 14.4. The largest absolute Gasteiger partial charge is 0.339 e. The summed E-state index contributed by atoms with van der Waals surface area (Å²) in [6, 6.07) is 0.505. The van der Waals surface area contributed by atoms with E-state index in [1.807, 2.05) is 0 Å². The van der Waals surface area contributed by atoms with Crippen molar-refractivity contribution in [2.45, 2.75) is 64.3 Å². The van der Waals surface area contributed by atoms with Crippen molar-refractivity contribution >= 4 is 21.8 Å². The smallest absolute Gasteiger partial charge is 0.225 e. The summed E-state index contributed by atoms with van der Waals surface area (Å²) in [6.45, 7) is 3.32. The van der Waals surface area contributed by atoms with Crippen LogP contribution in [0.1, 0.15) is 58.3 Å². The third kappa shape index (κ3) is 3.49. The van der Waals surface area contributed by atoms with Crippen molar-refractivity contribution in [3.05, 3.63) is 0 Å². The minimum atomic E-state index is 0.331. The van der Waals surface area contributed by atoms with E-state index in [0.29, 0.717) is 17.9 Å². The third-order valence-electron chi connectivity index (χ3n) is 4.72. The number of hydrogen-bond donors (Lipinski definition) is 0. The minimum Gasteiger partial charge on any atom is -0.339 e. The zero-order chi connectivity index (χ0) is 13.0. The van der Waals surface area contributed by atoms with Gasteiger partial charge in [0.2, 0.25) is 5.91 Å². The molecule has 2 nitrogen and oxygen atoms in total. The van der Waals surface area contributed by atoms with Crippen LogP contribution in [0.2, 0.25) is 0 Å². The fourth-order valence-electron chi connectivity index (χ4n) is 3.46. The van der Waals surface area contributed by atoms with E-state index in [1.165, 1.54) is 32.1 Å². The van der Waals surface area contributed by atoms with E-state index in [0.717, 1.165) is 37.1 Å². The topological polar surface area (TPSA) is 20.3 Å². The van der Waals surface area contributed by atoms with Crippen LogP contribution in [-0.4, -0.2) is 28.7 Å². The summed E-state index contributed by atoms with van der Waals surface area (Å²) in [4.78, 5) is 14.9. The Balaban J connectivity index is 1.93. The van der Waals surface area contributed by atoms with Gasteiger partial charge in [-0.25, -0.2) is 0 Å². The molecule has 18 heavy (non-hydrogen) atoms. The molecule has 1 aliphatic carbocycles. The first-order valence-electron chi connectivity index (χ1n) is 7.58. The van der Waals surface area contributed by atoms with Gasteiger partial charge in [0.25, 0.3) is 0 Å². The molecule has 1 saturated carbocycles. The van der Waals surface area contributed by atoms with Gasteiger partial charge in [0.1, 0.15) is 0 Å². The highest BCUT2D eigenvalue weighted by atomic mass is 79.9. The van der Waals surface area contributed by atoms with Crippen LogP contribution >= 0.6 is 15.9 Å². The molecular formula is C15H26BrNO. The Morgan fingerprint density at radius 2 is 1.89 bits per heavy atom. The summed E-state index contributed by atoms with van der Waals surface area (Å²) in [6.07, 6.45) is 9.56. The average Bonchev–Trinajstić information content (AvgIpc) is 2.40. The van der Waals surface area contributed by atoms with Crippen LogP contribution in [0.25, 0.3) is 0 Å². The van der Waals surface area contributed by atoms with Gasteiger partial charge in [-0.3, -0.25) is 4.79 Å². The van der Waals surface area contributed by atoms with Crippen LogP contribution in [0.3, 0.4) is 0 Å². The fourth-order valence-corrected chi connectivity index (χ4v) is 3.99. The number of carbonyl (C=O) groups excluding carboxylic acids is 1. The average molecular weight is 316 g/mol. The first-order chi connectivity index (χ1) is 8.72. The van der Waals surface area contributed by atoms with Gasteiger partial charge < -0.3 is 4.90 Å². The van der Waals surface area contributed by atoms with Gasteiger partial charge in [0.15, 0.2) is 0 Å². The molecule has 0 aromatic rings. The van der Waals surface area contributed by atoms with Crippen molar-refractivity contribution in [1.82, 2.24) is 4.90 Å². The molecule has 1 atom stereocenters. The van der Waals surface area contributed by atoms with E-state index < -0.39 is 0 Å². The van der Waals surface area contributed by atoms with Crippen molar-refractivity contribution in [3.8, 4) is 0 Å². The van der Waals surface area contributed by atoms with Crippen molar-refractivity contribution < 1.29 is 4.79 Å². The Morgan fingerprint density at radius 3 is 2.56 bits per heavy atom. The lowest BCUT2D eigenvalue weighted by Gasteiger charge is -2.39. The van der Waals surface area contributed by atoms with Crippen LogP contribution in [0.4, 0.5) is 0 Å². The summed E-state index contributed by atoms with van der Waals surface area (Å²) in [5.41, 5.74) is 0. The lowest BCUT2D eigenvalue weighted by molar-refractivity contribution is -0.140. The standard InChI is InChI=1S/C15H26BrNO/c1-12-5-7-13(8-6-12)15(18)17-11-3-2-4-14(17)9-10-16/h12-14H,2-11H2,1H3. The molecule has 0 aromatic heterocycles. The van der Waals surface area contributed by atoms with Gasteiger partial charge >= 0.3 is 0 Å². The molecule has 1 heterocycles. The highest BCUT2D eigenvalue weighted by Crippen LogP contribution is 2.31. The number of piperidine rings is 1. The molecular weight excluding hydrogens is 290 g/mol. The maximum atomic E-state index is 12.7. The molecule has 0 radical (unpaired) electrons. The summed E-state index contributed by atoms with van der Waals surface area (Å²) in [7, 11) is 0. The Bertz CT molecular complexity index is 272. The molecule has 0 spiro atoms. The predicted molar refractivity (Wildman–Crippen MR) is 78.9 cm³/mol. The van der Waals surface area contributed by atoms with Crippen LogP contribution in [-0.2, 0) is 4.79 Å². The van der Waals surface area contributed by atoms with Crippen LogP contribution in [0.15, 0.2) is 0 Å². The second kappa shape index (κ2) is 6.93. The number of amides is 1. The number of hydrogen-bond acceptors (Lipinski definition) is 1. The number of nitrogens with zero attached hydrogens (tertiary/aromatic N) is 1. The Labute approximate surface area is 120 Å². The summed E-state index contributed by atoms with van der Waals surface area (Å²) in [5.74, 6) is 1.62. The SMILES string of the molecule is CC1CCC(C(=O)N2CCCCC2CCBr)CC1. The van der Waals surface area contributed by atoms with E-state index in [4.69, 9.17) is 0 Å². The molecule has 3 heteroatoms. The van der Waals surface area contributed by atoms with E-state index in [1.54, 1.807) is 0 Å². The Kier molecular flexibility index (Phi) is 5.53. The Hall–Kier alpha value is -0.0500. The third-order valence-corrected chi connectivity index (χ3v) is 5.18. The number of alkyl halides is 1. The minimum absolute atomic E-state index is 0.331. The predicted octanol–water partition coefficient (Wildman–Crippen LogP) is 3.98. The highest BCUT2D eigenvalue weighted by Gasteiger charge is 2.32. The van der Waals surface area contributed by atoms with Crippen molar-refractivity contribution in [3.63, 3.8) is 0 Å². The maximum Gasteiger partial charge on any atom is 0.225 e. The molecule has 0 bridgehead atoms. The molecule has 2 aliphatic rings. The first-order valence-corrected chi connectivity index (χ1v) is 8.71. The lowest BCUT2D eigenvalue weighted by Crippen LogP contribution is -2.47. The van der Waals surface area contributed by atoms with Crippen molar-refractivity contribution in [2.75, 3.05) is 11.9 Å². The van der Waals surface area contributed by atoms with E-state index in [2.05, 4.69) is 27.8 Å².